The number of nitrogens with one attached hydrogen (secondary N) is 1. The molecule has 9 heteroatoms. The third kappa shape index (κ3) is 4.76. The smallest absolute Gasteiger partial charge is 0.270 e. The molecule has 0 aliphatic rings. The SMILES string of the molecule is CN(Cc1c(F)cccc1Cl)C(=O)CNC(=O)c1cccc([N+](=O)[O-])c1. The molecule has 1 N–H and O–H groups in total. The number of carbonyl (C=O) groups excluding carboxylic acids is 2. The lowest BCUT2D eigenvalue weighted by Gasteiger charge is -2.18. The zero-order chi connectivity index (χ0) is 19.3. The van der Waals surface area contributed by atoms with Gasteiger partial charge in [0.2, 0.25) is 5.91 Å². The number of hydrogen-bond donors (Lipinski definition) is 1. The van der Waals surface area contributed by atoms with Crippen LogP contribution in [-0.2, 0) is 11.3 Å². The minimum absolute atomic E-state index is 0.0585. The summed E-state index contributed by atoms with van der Waals surface area (Å²) in [5, 5.41) is 13.3. The van der Waals surface area contributed by atoms with E-state index >= 15 is 0 Å². The third-order valence-electron chi connectivity index (χ3n) is 3.60. The number of hydrogen-bond acceptors (Lipinski definition) is 4. The highest BCUT2D eigenvalue weighted by Gasteiger charge is 2.16. The number of likely N-dealkylation sites (N-methyl/N-ethyl adjacent to an activating group) is 1. The summed E-state index contributed by atoms with van der Waals surface area (Å²) in [4.78, 5) is 35.5. The van der Waals surface area contributed by atoms with Gasteiger partial charge < -0.3 is 10.2 Å². The van der Waals surface area contributed by atoms with Gasteiger partial charge in [-0.05, 0) is 18.2 Å². The first kappa shape index (κ1) is 19.3. The van der Waals surface area contributed by atoms with Crippen LogP contribution in [0.4, 0.5) is 10.1 Å². The Labute approximate surface area is 153 Å². The number of nitro benzene ring substituents is 1. The van der Waals surface area contributed by atoms with Crippen LogP contribution in [0.1, 0.15) is 15.9 Å². The van der Waals surface area contributed by atoms with Gasteiger partial charge in [-0.2, -0.15) is 0 Å². The first-order valence-corrected chi connectivity index (χ1v) is 7.87. The molecule has 26 heavy (non-hydrogen) atoms. The van der Waals surface area contributed by atoms with Crippen LogP contribution >= 0.6 is 11.6 Å². The van der Waals surface area contributed by atoms with E-state index in [1.165, 1.54) is 48.3 Å². The van der Waals surface area contributed by atoms with E-state index in [1.54, 1.807) is 0 Å². The van der Waals surface area contributed by atoms with Crippen LogP contribution in [0.3, 0.4) is 0 Å². The van der Waals surface area contributed by atoms with Crippen molar-refractivity contribution in [3.63, 3.8) is 0 Å². The number of benzene rings is 2. The quantitative estimate of drug-likeness (QED) is 0.617. The van der Waals surface area contributed by atoms with Crippen molar-refractivity contribution < 1.29 is 18.9 Å². The fraction of sp³-hybridized carbons (Fsp3) is 0.176. The van der Waals surface area contributed by atoms with Crippen molar-refractivity contribution in [2.45, 2.75) is 6.54 Å². The zero-order valence-corrected chi connectivity index (χ0v) is 14.5. The van der Waals surface area contributed by atoms with E-state index in [0.717, 1.165) is 6.07 Å². The molecule has 136 valence electrons. The van der Waals surface area contributed by atoms with E-state index in [4.69, 9.17) is 11.6 Å². The van der Waals surface area contributed by atoms with Crippen molar-refractivity contribution in [3.8, 4) is 0 Å². The van der Waals surface area contributed by atoms with Crippen molar-refractivity contribution in [2.75, 3.05) is 13.6 Å². The van der Waals surface area contributed by atoms with Crippen molar-refractivity contribution >= 4 is 29.1 Å². The summed E-state index contributed by atoms with van der Waals surface area (Å²) in [6.07, 6.45) is 0. The lowest BCUT2D eigenvalue weighted by molar-refractivity contribution is -0.384. The minimum atomic E-state index is -0.626. The molecule has 0 heterocycles. The van der Waals surface area contributed by atoms with Gasteiger partial charge in [-0.3, -0.25) is 19.7 Å². The molecule has 0 fully saturated rings. The molecule has 0 aromatic heterocycles. The van der Waals surface area contributed by atoms with E-state index in [9.17, 15) is 24.1 Å². The third-order valence-corrected chi connectivity index (χ3v) is 3.96. The normalized spacial score (nSPS) is 10.3. The Morgan fingerprint density at radius 1 is 1.27 bits per heavy atom. The van der Waals surface area contributed by atoms with Crippen molar-refractivity contribution in [2.24, 2.45) is 0 Å². The number of carbonyl (C=O) groups is 2. The summed E-state index contributed by atoms with van der Waals surface area (Å²) < 4.78 is 13.8. The average molecular weight is 380 g/mol. The monoisotopic (exact) mass is 379 g/mol. The van der Waals surface area contributed by atoms with Gasteiger partial charge in [0.05, 0.1) is 11.5 Å². The second-order valence-electron chi connectivity index (χ2n) is 5.44. The van der Waals surface area contributed by atoms with Gasteiger partial charge in [0.25, 0.3) is 11.6 Å². The summed E-state index contributed by atoms with van der Waals surface area (Å²) in [6.45, 7) is -0.402. The Morgan fingerprint density at radius 3 is 2.62 bits per heavy atom. The second kappa shape index (κ2) is 8.39. The topological polar surface area (TPSA) is 92.6 Å². The number of rotatable bonds is 6. The average Bonchev–Trinajstić information content (AvgIpc) is 2.62. The number of nitrogens with zero attached hydrogens (tertiary/aromatic N) is 2. The highest BCUT2D eigenvalue weighted by molar-refractivity contribution is 6.31. The van der Waals surface area contributed by atoms with Crippen LogP contribution in [0.5, 0.6) is 0 Å². The molecule has 7 nitrogen and oxygen atoms in total. The predicted molar refractivity (Wildman–Crippen MR) is 93.3 cm³/mol. The van der Waals surface area contributed by atoms with Gasteiger partial charge in [-0.15, -0.1) is 0 Å². The fourth-order valence-corrected chi connectivity index (χ4v) is 2.39. The summed E-state index contributed by atoms with van der Waals surface area (Å²) in [5.74, 6) is -1.62. The van der Waals surface area contributed by atoms with E-state index in [1.807, 2.05) is 0 Å². The zero-order valence-electron chi connectivity index (χ0n) is 13.7. The maximum Gasteiger partial charge on any atom is 0.270 e. The summed E-state index contributed by atoms with van der Waals surface area (Å²) in [6, 6.07) is 9.36. The van der Waals surface area contributed by atoms with E-state index in [-0.39, 0.29) is 34.9 Å². The Hall–Kier alpha value is -3.00. The Kier molecular flexibility index (Phi) is 6.24. The maximum atomic E-state index is 13.8. The van der Waals surface area contributed by atoms with Crippen LogP contribution in [0, 0.1) is 15.9 Å². The van der Waals surface area contributed by atoms with Gasteiger partial charge in [0.1, 0.15) is 5.82 Å². The molecule has 0 unspecified atom stereocenters. The maximum absolute atomic E-state index is 13.8. The van der Waals surface area contributed by atoms with E-state index in [0.29, 0.717) is 0 Å². The van der Waals surface area contributed by atoms with Gasteiger partial charge >= 0.3 is 0 Å². The van der Waals surface area contributed by atoms with Crippen LogP contribution in [0.25, 0.3) is 0 Å². The lowest BCUT2D eigenvalue weighted by Crippen LogP contribution is -2.38. The van der Waals surface area contributed by atoms with Gasteiger partial charge in [0, 0.05) is 41.9 Å². The Morgan fingerprint density at radius 2 is 1.96 bits per heavy atom. The molecule has 0 aliphatic carbocycles. The lowest BCUT2D eigenvalue weighted by atomic mass is 10.2. The van der Waals surface area contributed by atoms with Crippen LogP contribution in [0.2, 0.25) is 5.02 Å². The predicted octanol–water partition coefficient (Wildman–Crippen LogP) is 2.78. The van der Waals surface area contributed by atoms with E-state index in [2.05, 4.69) is 5.32 Å². The fourth-order valence-electron chi connectivity index (χ4n) is 2.16. The molecule has 0 bridgehead atoms. The Balaban J connectivity index is 1.96. The molecule has 0 spiro atoms. The molecule has 2 rings (SSSR count). The molecule has 0 atom stereocenters. The van der Waals surface area contributed by atoms with Crippen LogP contribution in [-0.4, -0.2) is 35.2 Å². The number of halogens is 2. The Bertz CT molecular complexity index is 839. The van der Waals surface area contributed by atoms with Crippen molar-refractivity contribution in [1.82, 2.24) is 10.2 Å². The molecule has 0 saturated heterocycles. The van der Waals surface area contributed by atoms with Gasteiger partial charge in [-0.25, -0.2) is 4.39 Å². The highest BCUT2D eigenvalue weighted by Crippen LogP contribution is 2.20. The highest BCUT2D eigenvalue weighted by atomic mass is 35.5. The first-order chi connectivity index (χ1) is 12.3. The molecule has 0 aliphatic heterocycles. The summed E-state index contributed by atoms with van der Waals surface area (Å²) in [7, 11) is 1.45. The minimum Gasteiger partial charge on any atom is -0.343 e. The number of amides is 2. The molecule has 2 aromatic carbocycles. The summed E-state index contributed by atoms with van der Waals surface area (Å²) >= 11 is 5.92. The van der Waals surface area contributed by atoms with Crippen molar-refractivity contribution in [3.05, 3.63) is 74.5 Å². The number of non-ortho nitro benzene ring substituents is 1. The largest absolute Gasteiger partial charge is 0.343 e. The van der Waals surface area contributed by atoms with Crippen molar-refractivity contribution in [1.29, 1.82) is 0 Å². The van der Waals surface area contributed by atoms with Crippen LogP contribution in [0.15, 0.2) is 42.5 Å². The molecular formula is C17H15ClFN3O4. The first-order valence-electron chi connectivity index (χ1n) is 7.49. The standard InChI is InChI=1S/C17H15ClFN3O4/c1-21(10-13-14(18)6-3-7-15(13)19)16(23)9-20-17(24)11-4-2-5-12(8-11)22(25)26/h2-8H,9-10H2,1H3,(H,20,24). The number of nitro groups is 1. The van der Waals surface area contributed by atoms with E-state index < -0.39 is 22.6 Å². The van der Waals surface area contributed by atoms with Gasteiger partial charge in [0.15, 0.2) is 0 Å². The molecular weight excluding hydrogens is 365 g/mol. The van der Waals surface area contributed by atoms with Crippen LogP contribution < -0.4 is 5.32 Å². The van der Waals surface area contributed by atoms with Gasteiger partial charge in [-0.1, -0.05) is 23.7 Å². The molecule has 0 saturated carbocycles. The molecule has 2 amide bonds. The molecule has 2 aromatic rings. The molecule has 0 radical (unpaired) electrons. The summed E-state index contributed by atoms with van der Waals surface area (Å²) in [5.41, 5.74) is 0.0112. The second-order valence-corrected chi connectivity index (χ2v) is 5.85.